The van der Waals surface area contributed by atoms with Gasteiger partial charge < -0.3 is 29.9 Å². The highest BCUT2D eigenvalue weighted by Gasteiger charge is 2.21. The quantitative estimate of drug-likeness (QED) is 0.113. The minimum atomic E-state index is 0.141. The molecule has 0 atom stereocenters. The minimum Gasteiger partial charge on any atom is -0.508 e. The maximum absolute atomic E-state index is 10.5. The molecule has 2 aliphatic heterocycles. The zero-order valence-corrected chi connectivity index (χ0v) is 24.0. The van der Waals surface area contributed by atoms with E-state index in [9.17, 15) is 10.2 Å². The molecule has 9 rings (SSSR count). The van der Waals surface area contributed by atoms with Crippen molar-refractivity contribution in [1.29, 1.82) is 0 Å². The number of nitrogens with zero attached hydrogens (tertiary/aromatic N) is 2. The number of nitrogens with two attached hydrogens (primary N) is 2. The number of phenolic OH excluding ortho intramolecular Hbond substituents is 2. The molecule has 7 aromatic rings. The van der Waals surface area contributed by atoms with Crippen molar-refractivity contribution in [2.45, 2.75) is 0 Å². The molecule has 0 aliphatic carbocycles. The fourth-order valence-corrected chi connectivity index (χ4v) is 6.55. The molecule has 0 spiro atoms. The predicted molar refractivity (Wildman–Crippen MR) is 178 cm³/mol. The lowest BCUT2D eigenvalue weighted by Gasteiger charge is -2.03. The summed E-state index contributed by atoms with van der Waals surface area (Å²) >= 11 is 0. The van der Waals surface area contributed by atoms with Gasteiger partial charge in [0.1, 0.15) is 23.0 Å². The van der Waals surface area contributed by atoms with Gasteiger partial charge in [-0.1, -0.05) is 0 Å². The molecule has 0 saturated heterocycles. The van der Waals surface area contributed by atoms with Gasteiger partial charge in [-0.25, -0.2) is 9.97 Å². The van der Waals surface area contributed by atoms with Crippen LogP contribution in [0.25, 0.3) is 88.6 Å². The fourth-order valence-electron chi connectivity index (χ4n) is 6.55. The molecule has 0 unspecified atom stereocenters. The molecule has 46 heavy (non-hydrogen) atoms. The molecule has 8 N–H and O–H groups in total. The van der Waals surface area contributed by atoms with Crippen molar-refractivity contribution in [1.82, 2.24) is 19.9 Å². The largest absolute Gasteiger partial charge is 0.508 e. The summed E-state index contributed by atoms with van der Waals surface area (Å²) in [5.41, 5.74) is 9.41. The summed E-state index contributed by atoms with van der Waals surface area (Å²) in [6, 6.07) is 29.6. The van der Waals surface area contributed by atoms with E-state index in [2.05, 4.69) is 9.97 Å². The number of benzene rings is 4. The first kappa shape index (κ1) is 26.1. The maximum atomic E-state index is 10.5. The lowest BCUT2D eigenvalue weighted by molar-refractivity contribution is 0.334. The van der Waals surface area contributed by atoms with Crippen molar-refractivity contribution in [3.63, 3.8) is 0 Å². The predicted octanol–water partition coefficient (Wildman–Crippen LogP) is 7.21. The molecule has 222 valence electrons. The van der Waals surface area contributed by atoms with Crippen molar-refractivity contribution < 1.29 is 19.9 Å². The molecular weight excluding hydrogens is 580 g/mol. The number of rotatable bonds is 2. The Bertz CT molecular complexity index is 2610. The topological polar surface area (TPSA) is 168 Å². The van der Waals surface area contributed by atoms with Crippen molar-refractivity contribution in [3.05, 3.63) is 97.1 Å². The van der Waals surface area contributed by atoms with E-state index in [1.165, 1.54) is 0 Å². The van der Waals surface area contributed by atoms with Gasteiger partial charge in [0, 0.05) is 65.9 Å². The van der Waals surface area contributed by atoms with Crippen molar-refractivity contribution in [3.8, 4) is 68.0 Å². The Labute approximate surface area is 260 Å². The SMILES string of the molecule is NOc1ccc2c(c1)-c1cc3[nH]c(cc4nc(cc5[nH]c(cc-2n1)c1cc(ON)ccc51)-c1cc(O)ccc1-4)c1cc(O)ccc31. The van der Waals surface area contributed by atoms with Crippen LogP contribution in [0.1, 0.15) is 0 Å². The van der Waals surface area contributed by atoms with E-state index in [1.54, 1.807) is 30.3 Å². The van der Waals surface area contributed by atoms with Gasteiger partial charge in [-0.3, -0.25) is 0 Å². The Morgan fingerprint density at radius 3 is 1.50 bits per heavy atom. The van der Waals surface area contributed by atoms with Gasteiger partial charge in [0.25, 0.3) is 0 Å². The number of nitrogens with one attached hydrogen (secondary N) is 2. The first-order valence-electron chi connectivity index (χ1n) is 14.5. The monoisotopic (exact) mass is 604 g/mol. The molecule has 4 aromatic carbocycles. The molecule has 5 heterocycles. The van der Waals surface area contributed by atoms with Crippen LogP contribution in [-0.2, 0) is 0 Å². The molecule has 8 bridgehead atoms. The molecule has 0 fully saturated rings. The van der Waals surface area contributed by atoms with Crippen LogP contribution in [0.4, 0.5) is 0 Å². The Morgan fingerprint density at radius 1 is 0.435 bits per heavy atom. The second-order valence-electron chi connectivity index (χ2n) is 11.4. The summed E-state index contributed by atoms with van der Waals surface area (Å²) in [4.78, 5) is 27.4. The van der Waals surface area contributed by atoms with Gasteiger partial charge in [0.15, 0.2) is 0 Å². The Hall–Kier alpha value is -6.36. The van der Waals surface area contributed by atoms with Gasteiger partial charge in [-0.15, -0.1) is 0 Å². The van der Waals surface area contributed by atoms with Crippen LogP contribution in [-0.4, -0.2) is 30.1 Å². The van der Waals surface area contributed by atoms with E-state index in [0.29, 0.717) is 28.6 Å². The number of hydrogen-bond acceptors (Lipinski definition) is 8. The minimum absolute atomic E-state index is 0.141. The zero-order chi connectivity index (χ0) is 31.1. The molecule has 10 nitrogen and oxygen atoms in total. The van der Waals surface area contributed by atoms with Gasteiger partial charge in [0.2, 0.25) is 0 Å². The van der Waals surface area contributed by atoms with Crippen LogP contribution in [0, 0.1) is 0 Å². The number of phenols is 2. The standard InChI is InChI=1S/C36H24N6O4/c37-45-19-3-7-23-27(11-19)36-16-32-24-8-4-20(46-38)12-28(24)35(42-32)15-30-22-6-2-18(44)10-26(22)33(40-30)13-29-21-5-1-17(43)9-25(21)34(39-29)14-31(23)41-36/h1-16,40-41,43-44H,37-38H2. The first-order chi connectivity index (χ1) is 22.4. The second kappa shape index (κ2) is 9.57. The number of aromatic nitrogens is 4. The lowest BCUT2D eigenvalue weighted by atomic mass is 10.0. The molecule has 0 amide bonds. The van der Waals surface area contributed by atoms with Gasteiger partial charge in [-0.2, -0.15) is 11.8 Å². The van der Waals surface area contributed by atoms with Crippen molar-refractivity contribution in [2.24, 2.45) is 11.8 Å². The highest BCUT2D eigenvalue weighted by molar-refractivity contribution is 6.10. The van der Waals surface area contributed by atoms with Crippen LogP contribution >= 0.6 is 0 Å². The normalized spacial score (nSPS) is 11.9. The Kier molecular flexibility index (Phi) is 5.42. The molecule has 2 aliphatic rings. The zero-order valence-electron chi connectivity index (χ0n) is 24.0. The Morgan fingerprint density at radius 2 is 0.870 bits per heavy atom. The number of aromatic amines is 2. The summed E-state index contributed by atoms with van der Waals surface area (Å²) in [6.45, 7) is 0. The van der Waals surface area contributed by atoms with Gasteiger partial charge >= 0.3 is 0 Å². The molecular formula is C36H24N6O4. The summed E-state index contributed by atoms with van der Waals surface area (Å²) in [5, 5.41) is 24.4. The summed E-state index contributed by atoms with van der Waals surface area (Å²) in [7, 11) is 0. The van der Waals surface area contributed by atoms with Crippen LogP contribution in [0.2, 0.25) is 0 Å². The van der Waals surface area contributed by atoms with Gasteiger partial charge in [0.05, 0.1) is 22.8 Å². The second-order valence-corrected chi connectivity index (χ2v) is 11.4. The van der Waals surface area contributed by atoms with E-state index in [0.717, 1.165) is 71.6 Å². The number of H-pyrrole nitrogens is 2. The van der Waals surface area contributed by atoms with Crippen LogP contribution in [0.15, 0.2) is 97.1 Å². The van der Waals surface area contributed by atoms with E-state index < -0.39 is 0 Å². The third-order valence-electron chi connectivity index (χ3n) is 8.67. The van der Waals surface area contributed by atoms with E-state index in [4.69, 9.17) is 31.4 Å². The lowest BCUT2D eigenvalue weighted by Crippen LogP contribution is -2.01. The van der Waals surface area contributed by atoms with E-state index in [1.807, 2.05) is 66.7 Å². The highest BCUT2D eigenvalue weighted by atomic mass is 16.6. The highest BCUT2D eigenvalue weighted by Crippen LogP contribution is 2.42. The van der Waals surface area contributed by atoms with E-state index in [-0.39, 0.29) is 11.5 Å². The molecule has 10 heteroatoms. The van der Waals surface area contributed by atoms with Crippen LogP contribution in [0.5, 0.6) is 23.0 Å². The summed E-state index contributed by atoms with van der Waals surface area (Å²) in [5.74, 6) is 12.4. The van der Waals surface area contributed by atoms with Crippen LogP contribution in [0.3, 0.4) is 0 Å². The maximum Gasteiger partial charge on any atom is 0.147 e. The third-order valence-corrected chi connectivity index (χ3v) is 8.67. The number of fused-ring (bicyclic) bond motifs is 20. The smallest absolute Gasteiger partial charge is 0.147 e. The average molecular weight is 605 g/mol. The molecule has 0 saturated carbocycles. The van der Waals surface area contributed by atoms with Crippen molar-refractivity contribution in [2.75, 3.05) is 0 Å². The summed E-state index contributed by atoms with van der Waals surface area (Å²) in [6.07, 6.45) is 0. The average Bonchev–Trinajstić information content (AvgIpc) is 3.78. The van der Waals surface area contributed by atoms with Crippen LogP contribution < -0.4 is 21.5 Å². The van der Waals surface area contributed by atoms with Crippen molar-refractivity contribution >= 4 is 43.6 Å². The third kappa shape index (κ3) is 3.91. The van der Waals surface area contributed by atoms with E-state index >= 15 is 0 Å². The first-order valence-corrected chi connectivity index (χ1v) is 14.5. The molecule has 0 radical (unpaired) electrons. The molecule has 3 aromatic heterocycles. The number of aromatic hydroxyl groups is 2. The fraction of sp³-hybridized carbons (Fsp3) is 0. The Balaban J connectivity index is 1.49. The summed E-state index contributed by atoms with van der Waals surface area (Å²) < 4.78 is 0. The number of hydrogen-bond donors (Lipinski definition) is 6. The van der Waals surface area contributed by atoms with Gasteiger partial charge in [-0.05, 0) is 97.1 Å².